The first-order chi connectivity index (χ1) is 8.69. The minimum absolute atomic E-state index is 0.591. The Morgan fingerprint density at radius 1 is 0.889 bits per heavy atom. The maximum atomic E-state index is 4.85. The summed E-state index contributed by atoms with van der Waals surface area (Å²) in [5, 5.41) is 0. The fourth-order valence-corrected chi connectivity index (χ4v) is 1.71. The maximum absolute atomic E-state index is 4.85. The van der Waals surface area contributed by atoms with E-state index in [1.165, 1.54) is 16.7 Å². The molecule has 0 heterocycles. The molecule has 2 N–H and O–H groups in total. The topological polar surface area (TPSA) is 26.0 Å². The van der Waals surface area contributed by atoms with Crippen molar-refractivity contribution in [2.24, 2.45) is 5.73 Å². The molecule has 18 heavy (non-hydrogen) atoms. The van der Waals surface area contributed by atoms with Crippen LogP contribution >= 0.6 is 0 Å². The summed E-state index contributed by atoms with van der Waals surface area (Å²) in [6.07, 6.45) is 0. The fraction of sp³-hybridized carbons (Fsp3) is 0.294. The van der Waals surface area contributed by atoms with Gasteiger partial charge in [0.05, 0.1) is 0 Å². The summed E-state index contributed by atoms with van der Waals surface area (Å²) >= 11 is 0. The van der Waals surface area contributed by atoms with Gasteiger partial charge in [-0.15, -0.1) is 0 Å². The molecule has 0 aliphatic rings. The minimum atomic E-state index is 0.591. The summed E-state index contributed by atoms with van der Waals surface area (Å²) < 4.78 is 0. The minimum Gasteiger partial charge on any atom is -0.331 e. The molecule has 0 aliphatic heterocycles. The Labute approximate surface area is 111 Å². The van der Waals surface area contributed by atoms with Gasteiger partial charge in [0, 0.05) is 0 Å². The second-order valence-corrected chi connectivity index (χ2v) is 4.55. The second kappa shape index (κ2) is 7.67. The van der Waals surface area contributed by atoms with Crippen molar-refractivity contribution in [2.45, 2.75) is 26.7 Å². The van der Waals surface area contributed by atoms with E-state index in [2.05, 4.69) is 68.4 Å². The molecule has 0 aliphatic carbocycles. The van der Waals surface area contributed by atoms with Crippen LogP contribution in [0, 0.1) is 0 Å². The highest BCUT2D eigenvalue weighted by molar-refractivity contribution is 5.64. The third-order valence-electron chi connectivity index (χ3n) is 2.66. The Morgan fingerprint density at radius 3 is 2.00 bits per heavy atom. The molecule has 0 atom stereocenters. The standard InChI is InChI=1S/C15H16.C2H7N/c1-12(2)14-9-6-10-15(11-14)13-7-4-3-5-8-13;1-2-3/h3-12H,1-2H3;2-3H2,1H3. The van der Waals surface area contributed by atoms with Gasteiger partial charge in [-0.1, -0.05) is 75.4 Å². The molecule has 0 saturated heterocycles. The van der Waals surface area contributed by atoms with Crippen LogP contribution in [0.5, 0.6) is 0 Å². The van der Waals surface area contributed by atoms with E-state index in [1.54, 1.807) is 0 Å². The van der Waals surface area contributed by atoms with E-state index in [9.17, 15) is 0 Å². The van der Waals surface area contributed by atoms with Crippen molar-refractivity contribution in [1.29, 1.82) is 0 Å². The molecule has 0 fully saturated rings. The molecular weight excluding hydrogens is 218 g/mol. The van der Waals surface area contributed by atoms with Crippen molar-refractivity contribution in [3.8, 4) is 11.1 Å². The molecule has 96 valence electrons. The fourth-order valence-electron chi connectivity index (χ4n) is 1.71. The Balaban J connectivity index is 0.000000492. The average Bonchev–Trinajstić information content (AvgIpc) is 2.41. The maximum Gasteiger partial charge on any atom is -0.0106 e. The molecule has 2 aromatic rings. The zero-order valence-electron chi connectivity index (χ0n) is 11.6. The molecule has 1 heteroatoms. The quantitative estimate of drug-likeness (QED) is 0.826. The van der Waals surface area contributed by atoms with Crippen molar-refractivity contribution in [3.63, 3.8) is 0 Å². The molecule has 0 saturated carbocycles. The number of rotatable bonds is 2. The Morgan fingerprint density at radius 2 is 1.44 bits per heavy atom. The summed E-state index contributed by atoms with van der Waals surface area (Å²) in [7, 11) is 0. The van der Waals surface area contributed by atoms with E-state index in [4.69, 9.17) is 5.73 Å². The molecule has 0 unspecified atom stereocenters. The van der Waals surface area contributed by atoms with Gasteiger partial charge in [0.25, 0.3) is 0 Å². The van der Waals surface area contributed by atoms with Crippen LogP contribution in [0.2, 0.25) is 0 Å². The highest BCUT2D eigenvalue weighted by Gasteiger charge is 2.01. The van der Waals surface area contributed by atoms with Crippen LogP contribution in [0.1, 0.15) is 32.3 Å². The number of hydrogen-bond acceptors (Lipinski definition) is 1. The van der Waals surface area contributed by atoms with Gasteiger partial charge in [-0.3, -0.25) is 0 Å². The zero-order chi connectivity index (χ0) is 13.4. The number of benzene rings is 2. The van der Waals surface area contributed by atoms with Crippen LogP contribution in [0.15, 0.2) is 54.6 Å². The second-order valence-electron chi connectivity index (χ2n) is 4.55. The molecule has 0 aromatic heterocycles. The lowest BCUT2D eigenvalue weighted by Crippen LogP contribution is -1.87. The van der Waals surface area contributed by atoms with Crippen molar-refractivity contribution < 1.29 is 0 Å². The van der Waals surface area contributed by atoms with Crippen LogP contribution in [0.4, 0.5) is 0 Å². The van der Waals surface area contributed by atoms with Crippen LogP contribution in [0.3, 0.4) is 0 Å². The van der Waals surface area contributed by atoms with Crippen LogP contribution in [-0.2, 0) is 0 Å². The van der Waals surface area contributed by atoms with Crippen molar-refractivity contribution in [2.75, 3.05) is 6.54 Å². The summed E-state index contributed by atoms with van der Waals surface area (Å²) in [5.74, 6) is 0.591. The first-order valence-electron chi connectivity index (χ1n) is 6.54. The number of nitrogens with two attached hydrogens (primary N) is 1. The van der Waals surface area contributed by atoms with Gasteiger partial charge in [-0.2, -0.15) is 0 Å². The Hall–Kier alpha value is -1.60. The smallest absolute Gasteiger partial charge is 0.0106 e. The molecule has 2 rings (SSSR count). The Kier molecular flexibility index (Phi) is 6.16. The lowest BCUT2D eigenvalue weighted by molar-refractivity contribution is 0.867. The summed E-state index contributed by atoms with van der Waals surface area (Å²) in [6.45, 7) is 7.11. The monoisotopic (exact) mass is 241 g/mol. The highest BCUT2D eigenvalue weighted by Crippen LogP contribution is 2.23. The third kappa shape index (κ3) is 4.34. The van der Waals surface area contributed by atoms with E-state index in [0.29, 0.717) is 5.92 Å². The molecular formula is C17H23N. The first-order valence-corrected chi connectivity index (χ1v) is 6.54. The average molecular weight is 241 g/mol. The van der Waals surface area contributed by atoms with Crippen molar-refractivity contribution in [3.05, 3.63) is 60.2 Å². The van der Waals surface area contributed by atoms with Crippen LogP contribution < -0.4 is 5.73 Å². The van der Waals surface area contributed by atoms with Crippen LogP contribution in [-0.4, -0.2) is 6.54 Å². The molecule has 0 bridgehead atoms. The molecule has 0 radical (unpaired) electrons. The summed E-state index contributed by atoms with van der Waals surface area (Å²) in [5.41, 5.74) is 8.85. The van der Waals surface area contributed by atoms with Gasteiger partial charge >= 0.3 is 0 Å². The van der Waals surface area contributed by atoms with Gasteiger partial charge in [0.2, 0.25) is 0 Å². The largest absolute Gasteiger partial charge is 0.331 e. The van der Waals surface area contributed by atoms with Crippen molar-refractivity contribution >= 4 is 0 Å². The molecule has 0 amide bonds. The van der Waals surface area contributed by atoms with Crippen molar-refractivity contribution in [1.82, 2.24) is 0 Å². The van der Waals surface area contributed by atoms with E-state index in [1.807, 2.05) is 6.92 Å². The zero-order valence-corrected chi connectivity index (χ0v) is 11.6. The van der Waals surface area contributed by atoms with E-state index < -0.39 is 0 Å². The lowest BCUT2D eigenvalue weighted by Gasteiger charge is -2.08. The van der Waals surface area contributed by atoms with E-state index >= 15 is 0 Å². The molecule has 1 nitrogen and oxygen atoms in total. The molecule has 0 spiro atoms. The Bertz CT molecular complexity index is 446. The normalized spacial score (nSPS) is 9.83. The van der Waals surface area contributed by atoms with Gasteiger partial charge in [-0.05, 0) is 29.2 Å². The predicted molar refractivity (Wildman–Crippen MR) is 80.7 cm³/mol. The van der Waals surface area contributed by atoms with Gasteiger partial charge in [0.15, 0.2) is 0 Å². The first kappa shape index (κ1) is 14.5. The molecule has 2 aromatic carbocycles. The van der Waals surface area contributed by atoms with Gasteiger partial charge in [0.1, 0.15) is 0 Å². The third-order valence-corrected chi connectivity index (χ3v) is 2.66. The summed E-state index contributed by atoms with van der Waals surface area (Å²) in [4.78, 5) is 0. The number of hydrogen-bond donors (Lipinski definition) is 1. The summed E-state index contributed by atoms with van der Waals surface area (Å²) in [6, 6.07) is 19.3. The van der Waals surface area contributed by atoms with E-state index in [-0.39, 0.29) is 0 Å². The van der Waals surface area contributed by atoms with Gasteiger partial charge in [-0.25, -0.2) is 0 Å². The predicted octanol–water partition coefficient (Wildman–Crippen LogP) is 4.44. The highest BCUT2D eigenvalue weighted by atomic mass is 14.5. The van der Waals surface area contributed by atoms with E-state index in [0.717, 1.165) is 6.54 Å². The lowest BCUT2D eigenvalue weighted by atomic mass is 9.98. The van der Waals surface area contributed by atoms with Crippen LogP contribution in [0.25, 0.3) is 11.1 Å². The SMILES string of the molecule is CC(C)c1cccc(-c2ccccc2)c1.CCN. The van der Waals surface area contributed by atoms with Gasteiger partial charge < -0.3 is 5.73 Å².